The number of halogens is 2. The molecule has 3 rings (SSSR count). The summed E-state index contributed by atoms with van der Waals surface area (Å²) in [4.78, 5) is 14.0. The Morgan fingerprint density at radius 1 is 1.19 bits per heavy atom. The standard InChI is InChI=1S/C20H28F2N2O2/c1-14(11-15-5-3-2-4-6-15)23-20(25)16-12-17(21)19(18(22)13-16)24-7-9-26-10-8-24/h12-15H,2-11H2,1H3,(H,23,25)/t14-/m0/s1. The van der Waals surface area contributed by atoms with Crippen molar-refractivity contribution >= 4 is 11.6 Å². The first-order valence-electron chi connectivity index (χ1n) is 9.67. The van der Waals surface area contributed by atoms with Crippen molar-refractivity contribution in [3.05, 3.63) is 29.3 Å². The molecule has 1 amide bonds. The SMILES string of the molecule is C[C@@H](CC1CCCCC1)NC(=O)c1cc(F)c(N2CCOCC2)c(F)c1. The Kier molecular flexibility index (Phi) is 6.46. The van der Waals surface area contributed by atoms with Gasteiger partial charge in [-0.1, -0.05) is 32.1 Å². The van der Waals surface area contributed by atoms with E-state index in [0.717, 1.165) is 18.6 Å². The summed E-state index contributed by atoms with van der Waals surface area (Å²) in [5, 5.41) is 2.89. The van der Waals surface area contributed by atoms with Crippen molar-refractivity contribution in [1.82, 2.24) is 5.32 Å². The van der Waals surface area contributed by atoms with Gasteiger partial charge in [-0.15, -0.1) is 0 Å². The number of nitrogens with one attached hydrogen (secondary N) is 1. The molecule has 6 heteroatoms. The fourth-order valence-corrected chi connectivity index (χ4v) is 4.07. The van der Waals surface area contributed by atoms with E-state index in [2.05, 4.69) is 5.32 Å². The van der Waals surface area contributed by atoms with Crippen LogP contribution >= 0.6 is 0 Å². The summed E-state index contributed by atoms with van der Waals surface area (Å²) < 4.78 is 34.1. The number of rotatable bonds is 5. The summed E-state index contributed by atoms with van der Waals surface area (Å²) in [7, 11) is 0. The van der Waals surface area contributed by atoms with Gasteiger partial charge >= 0.3 is 0 Å². The molecule has 144 valence electrons. The van der Waals surface area contributed by atoms with Crippen LogP contribution in [0.4, 0.5) is 14.5 Å². The summed E-state index contributed by atoms with van der Waals surface area (Å²) in [5.41, 5.74) is -0.0346. The zero-order valence-electron chi connectivity index (χ0n) is 15.4. The van der Waals surface area contributed by atoms with E-state index < -0.39 is 17.5 Å². The average Bonchev–Trinajstić information content (AvgIpc) is 2.62. The minimum Gasteiger partial charge on any atom is -0.378 e. The van der Waals surface area contributed by atoms with Gasteiger partial charge in [0.1, 0.15) is 17.3 Å². The third-order valence-electron chi connectivity index (χ3n) is 5.40. The molecule has 1 aromatic carbocycles. The highest BCUT2D eigenvalue weighted by Crippen LogP contribution is 2.28. The molecule has 1 atom stereocenters. The quantitative estimate of drug-likeness (QED) is 0.860. The Balaban J connectivity index is 1.63. The van der Waals surface area contributed by atoms with Gasteiger partial charge in [0.2, 0.25) is 0 Å². The number of ether oxygens (including phenoxy) is 1. The third-order valence-corrected chi connectivity index (χ3v) is 5.40. The molecule has 4 nitrogen and oxygen atoms in total. The Morgan fingerprint density at radius 2 is 1.81 bits per heavy atom. The largest absolute Gasteiger partial charge is 0.378 e. The topological polar surface area (TPSA) is 41.6 Å². The maximum absolute atomic E-state index is 14.5. The van der Waals surface area contributed by atoms with Crippen molar-refractivity contribution in [3.63, 3.8) is 0 Å². The lowest BCUT2D eigenvalue weighted by Gasteiger charge is -2.29. The van der Waals surface area contributed by atoms with Crippen LogP contribution in [0, 0.1) is 17.6 Å². The van der Waals surface area contributed by atoms with Crippen LogP contribution in [0.3, 0.4) is 0 Å². The second-order valence-electron chi connectivity index (χ2n) is 7.50. The van der Waals surface area contributed by atoms with E-state index in [9.17, 15) is 13.6 Å². The van der Waals surface area contributed by atoms with Gasteiger partial charge in [-0.25, -0.2) is 8.78 Å². The van der Waals surface area contributed by atoms with Crippen LogP contribution < -0.4 is 10.2 Å². The smallest absolute Gasteiger partial charge is 0.251 e. The highest BCUT2D eigenvalue weighted by atomic mass is 19.1. The Labute approximate surface area is 153 Å². The van der Waals surface area contributed by atoms with Crippen molar-refractivity contribution in [3.8, 4) is 0 Å². The van der Waals surface area contributed by atoms with Gasteiger partial charge in [0.25, 0.3) is 5.91 Å². The number of carbonyl (C=O) groups excluding carboxylic acids is 1. The zero-order chi connectivity index (χ0) is 18.5. The monoisotopic (exact) mass is 366 g/mol. The van der Waals surface area contributed by atoms with Crippen LogP contribution in [0.5, 0.6) is 0 Å². The molecular formula is C20H28F2N2O2. The average molecular weight is 366 g/mol. The van der Waals surface area contributed by atoms with Gasteiger partial charge in [0, 0.05) is 24.7 Å². The van der Waals surface area contributed by atoms with E-state index in [1.165, 1.54) is 32.1 Å². The molecule has 1 aliphatic carbocycles. The predicted octanol–water partition coefficient (Wildman–Crippen LogP) is 3.89. The van der Waals surface area contributed by atoms with E-state index in [-0.39, 0.29) is 17.3 Å². The molecule has 1 heterocycles. The zero-order valence-corrected chi connectivity index (χ0v) is 15.4. The van der Waals surface area contributed by atoms with E-state index in [1.807, 2.05) is 6.92 Å². The fraction of sp³-hybridized carbons (Fsp3) is 0.650. The number of hydrogen-bond acceptors (Lipinski definition) is 3. The Morgan fingerprint density at radius 3 is 2.42 bits per heavy atom. The second kappa shape index (κ2) is 8.80. The van der Waals surface area contributed by atoms with Crippen LogP contribution in [0.1, 0.15) is 55.8 Å². The first-order chi connectivity index (χ1) is 12.5. The van der Waals surface area contributed by atoms with Gasteiger partial charge in [-0.3, -0.25) is 4.79 Å². The van der Waals surface area contributed by atoms with Gasteiger partial charge in [-0.2, -0.15) is 0 Å². The van der Waals surface area contributed by atoms with Gasteiger partial charge < -0.3 is 15.0 Å². The molecule has 1 aromatic rings. The molecule has 0 aromatic heterocycles. The minimum atomic E-state index is -0.697. The van der Waals surface area contributed by atoms with Crippen LogP contribution in [-0.2, 0) is 4.74 Å². The molecule has 2 aliphatic rings. The van der Waals surface area contributed by atoms with E-state index >= 15 is 0 Å². The highest BCUT2D eigenvalue weighted by Gasteiger charge is 2.23. The predicted molar refractivity (Wildman–Crippen MR) is 97.5 cm³/mol. The van der Waals surface area contributed by atoms with Gasteiger partial charge in [0.05, 0.1) is 13.2 Å². The molecule has 0 unspecified atom stereocenters. The van der Waals surface area contributed by atoms with E-state index in [1.54, 1.807) is 4.90 Å². The number of morpholine rings is 1. The van der Waals surface area contributed by atoms with Gasteiger partial charge in [0.15, 0.2) is 0 Å². The molecule has 26 heavy (non-hydrogen) atoms. The second-order valence-corrected chi connectivity index (χ2v) is 7.50. The molecule has 0 bridgehead atoms. The van der Waals surface area contributed by atoms with Crippen molar-refractivity contribution in [1.29, 1.82) is 0 Å². The minimum absolute atomic E-state index is 0.00403. The summed E-state index contributed by atoms with van der Waals surface area (Å²) in [6.07, 6.45) is 7.14. The first-order valence-corrected chi connectivity index (χ1v) is 9.67. The van der Waals surface area contributed by atoms with Crippen molar-refractivity contribution < 1.29 is 18.3 Å². The lowest BCUT2D eigenvalue weighted by molar-refractivity contribution is 0.0932. The molecule has 1 saturated heterocycles. The van der Waals surface area contributed by atoms with Crippen LogP contribution in [0.2, 0.25) is 0 Å². The number of amides is 1. The maximum Gasteiger partial charge on any atom is 0.251 e. The van der Waals surface area contributed by atoms with Crippen LogP contribution in [0.25, 0.3) is 0 Å². The normalized spacial score (nSPS) is 20.0. The lowest BCUT2D eigenvalue weighted by atomic mass is 9.85. The molecule has 1 N–H and O–H groups in total. The van der Waals surface area contributed by atoms with Gasteiger partial charge in [-0.05, 0) is 31.4 Å². The number of anilines is 1. The number of benzene rings is 1. The maximum atomic E-state index is 14.5. The fourth-order valence-electron chi connectivity index (χ4n) is 4.07. The van der Waals surface area contributed by atoms with Crippen molar-refractivity contribution in [2.75, 3.05) is 31.2 Å². The van der Waals surface area contributed by atoms with Crippen LogP contribution in [-0.4, -0.2) is 38.3 Å². The summed E-state index contributed by atoms with van der Waals surface area (Å²) in [6.45, 7) is 3.73. The number of carbonyl (C=O) groups is 1. The molecule has 0 radical (unpaired) electrons. The summed E-state index contributed by atoms with van der Waals surface area (Å²) >= 11 is 0. The molecule has 1 saturated carbocycles. The number of nitrogens with zero attached hydrogens (tertiary/aromatic N) is 1. The Hall–Kier alpha value is -1.69. The molecule has 1 aliphatic heterocycles. The van der Waals surface area contributed by atoms with E-state index in [4.69, 9.17) is 4.74 Å². The van der Waals surface area contributed by atoms with Crippen molar-refractivity contribution in [2.24, 2.45) is 5.92 Å². The molecule has 0 spiro atoms. The first kappa shape index (κ1) is 19.1. The Bertz CT molecular complexity index is 603. The summed E-state index contributed by atoms with van der Waals surface area (Å²) in [6, 6.07) is 2.27. The molecule has 2 fully saturated rings. The third kappa shape index (κ3) is 4.72. The van der Waals surface area contributed by atoms with Crippen molar-refractivity contribution in [2.45, 2.75) is 51.5 Å². The molecular weight excluding hydrogens is 338 g/mol. The summed E-state index contributed by atoms with van der Waals surface area (Å²) in [5.74, 6) is -1.18. The highest BCUT2D eigenvalue weighted by molar-refractivity contribution is 5.94. The number of hydrogen-bond donors (Lipinski definition) is 1. The lowest BCUT2D eigenvalue weighted by Crippen LogP contribution is -2.38. The van der Waals surface area contributed by atoms with E-state index in [0.29, 0.717) is 32.2 Å². The van der Waals surface area contributed by atoms with Crippen LogP contribution in [0.15, 0.2) is 12.1 Å².